The summed E-state index contributed by atoms with van der Waals surface area (Å²) in [6.45, 7) is 3.56. The molecule has 2 N–H and O–H groups in total. The van der Waals surface area contributed by atoms with Crippen molar-refractivity contribution in [3.63, 3.8) is 0 Å². The van der Waals surface area contributed by atoms with Crippen LogP contribution >= 0.6 is 0 Å². The fourth-order valence-electron chi connectivity index (χ4n) is 3.05. The van der Waals surface area contributed by atoms with E-state index in [0.29, 0.717) is 22.9 Å². The molecule has 0 saturated heterocycles. The van der Waals surface area contributed by atoms with Gasteiger partial charge in [-0.1, -0.05) is 17.7 Å². The molecule has 4 rings (SSSR count). The van der Waals surface area contributed by atoms with Crippen LogP contribution in [0.2, 0.25) is 0 Å². The van der Waals surface area contributed by atoms with Crippen LogP contribution in [0.25, 0.3) is 5.69 Å². The maximum atomic E-state index is 13.2. The standard InChI is InChI=1S/C23H20FN5O3S/c1-15-3-13-21(14-4-15)33(31,32)28-19-9-7-18(8-10-19)26-23(30)22-25-16(2)29(27-22)20-11-5-17(24)6-12-20/h3-14,28H,1-2H3,(H,26,30). The molecule has 8 nitrogen and oxygen atoms in total. The number of halogens is 1. The van der Waals surface area contributed by atoms with Crippen molar-refractivity contribution in [2.75, 3.05) is 10.0 Å². The van der Waals surface area contributed by atoms with Crippen LogP contribution < -0.4 is 10.0 Å². The SMILES string of the molecule is Cc1ccc(S(=O)(=O)Nc2ccc(NC(=O)c3nc(C)n(-c4ccc(F)cc4)n3)cc2)cc1. The molecule has 0 radical (unpaired) electrons. The molecular formula is C23H20FN5O3S. The summed E-state index contributed by atoms with van der Waals surface area (Å²) in [5.74, 6) is -0.500. The number of sulfonamides is 1. The van der Waals surface area contributed by atoms with Gasteiger partial charge in [-0.25, -0.2) is 22.5 Å². The maximum Gasteiger partial charge on any atom is 0.295 e. The Hall–Kier alpha value is -4.05. The predicted molar refractivity (Wildman–Crippen MR) is 122 cm³/mol. The maximum absolute atomic E-state index is 13.2. The minimum absolute atomic E-state index is 0.0547. The Morgan fingerprint density at radius 1 is 0.879 bits per heavy atom. The van der Waals surface area contributed by atoms with Crippen LogP contribution in [0, 0.1) is 19.7 Å². The van der Waals surface area contributed by atoms with Crippen LogP contribution in [0.1, 0.15) is 22.0 Å². The number of aromatic nitrogens is 3. The number of nitrogens with one attached hydrogen (secondary N) is 2. The third-order valence-corrected chi connectivity index (χ3v) is 6.17. The lowest BCUT2D eigenvalue weighted by Gasteiger charge is -2.09. The van der Waals surface area contributed by atoms with Gasteiger partial charge >= 0.3 is 0 Å². The van der Waals surface area contributed by atoms with E-state index in [2.05, 4.69) is 20.1 Å². The average molecular weight is 466 g/mol. The molecule has 1 amide bonds. The van der Waals surface area contributed by atoms with E-state index in [-0.39, 0.29) is 16.5 Å². The lowest BCUT2D eigenvalue weighted by Crippen LogP contribution is -2.15. The van der Waals surface area contributed by atoms with Gasteiger partial charge in [-0.2, -0.15) is 0 Å². The molecule has 0 unspecified atom stereocenters. The van der Waals surface area contributed by atoms with Gasteiger partial charge in [-0.05, 0) is 74.5 Å². The van der Waals surface area contributed by atoms with Gasteiger partial charge in [0.05, 0.1) is 10.6 Å². The van der Waals surface area contributed by atoms with E-state index >= 15 is 0 Å². The smallest absolute Gasteiger partial charge is 0.295 e. The first-order valence-electron chi connectivity index (χ1n) is 9.92. The second-order valence-electron chi connectivity index (χ2n) is 7.32. The van der Waals surface area contributed by atoms with Crippen LogP contribution in [0.5, 0.6) is 0 Å². The van der Waals surface area contributed by atoms with Gasteiger partial charge in [0.1, 0.15) is 11.6 Å². The molecule has 0 spiro atoms. The molecule has 1 heterocycles. The number of hydrogen-bond donors (Lipinski definition) is 2. The highest BCUT2D eigenvalue weighted by molar-refractivity contribution is 7.92. The second kappa shape index (κ2) is 8.83. The van der Waals surface area contributed by atoms with Gasteiger partial charge in [0.2, 0.25) is 5.82 Å². The van der Waals surface area contributed by atoms with Crippen LogP contribution in [0.15, 0.2) is 77.7 Å². The number of carbonyl (C=O) groups is 1. The van der Waals surface area contributed by atoms with Crippen molar-refractivity contribution >= 4 is 27.3 Å². The van der Waals surface area contributed by atoms with E-state index in [0.717, 1.165) is 5.56 Å². The van der Waals surface area contributed by atoms with Crippen LogP contribution in [-0.4, -0.2) is 29.1 Å². The van der Waals surface area contributed by atoms with Crippen molar-refractivity contribution in [3.05, 3.63) is 95.8 Å². The monoisotopic (exact) mass is 465 g/mol. The molecule has 1 aromatic heterocycles. The molecule has 33 heavy (non-hydrogen) atoms. The third-order valence-electron chi connectivity index (χ3n) is 4.77. The number of nitrogens with zero attached hydrogens (tertiary/aromatic N) is 3. The third kappa shape index (κ3) is 5.07. The molecule has 0 bridgehead atoms. The van der Waals surface area contributed by atoms with E-state index in [1.807, 2.05) is 6.92 Å². The number of amides is 1. The van der Waals surface area contributed by atoms with Crippen LogP contribution in [0.4, 0.5) is 15.8 Å². The number of anilines is 2. The van der Waals surface area contributed by atoms with Crippen molar-refractivity contribution in [2.45, 2.75) is 18.7 Å². The van der Waals surface area contributed by atoms with Crippen molar-refractivity contribution in [3.8, 4) is 5.69 Å². The summed E-state index contributed by atoms with van der Waals surface area (Å²) < 4.78 is 42.1. The molecule has 0 fully saturated rings. The lowest BCUT2D eigenvalue weighted by molar-refractivity contribution is 0.101. The molecule has 168 valence electrons. The zero-order valence-corrected chi connectivity index (χ0v) is 18.6. The Labute approximate surface area is 190 Å². The van der Waals surface area contributed by atoms with Gasteiger partial charge in [-0.3, -0.25) is 9.52 Å². The number of rotatable bonds is 6. The summed E-state index contributed by atoms with van der Waals surface area (Å²) in [5, 5.41) is 6.86. The van der Waals surface area contributed by atoms with E-state index in [1.54, 1.807) is 31.2 Å². The summed E-state index contributed by atoms with van der Waals surface area (Å²) in [5.41, 5.74) is 2.32. The first-order chi connectivity index (χ1) is 15.7. The quantitative estimate of drug-likeness (QED) is 0.446. The molecular weight excluding hydrogens is 445 g/mol. The minimum Gasteiger partial charge on any atom is -0.319 e. The molecule has 0 aliphatic carbocycles. The fourth-order valence-corrected chi connectivity index (χ4v) is 4.11. The van der Waals surface area contributed by atoms with Gasteiger partial charge in [0.15, 0.2) is 0 Å². The summed E-state index contributed by atoms with van der Waals surface area (Å²) in [6.07, 6.45) is 0. The number of hydrogen-bond acceptors (Lipinski definition) is 5. The van der Waals surface area contributed by atoms with Crippen molar-refractivity contribution < 1.29 is 17.6 Å². The van der Waals surface area contributed by atoms with Gasteiger partial charge in [0, 0.05) is 11.4 Å². The molecule has 3 aromatic carbocycles. The van der Waals surface area contributed by atoms with Gasteiger partial charge < -0.3 is 5.32 Å². The first-order valence-corrected chi connectivity index (χ1v) is 11.4. The summed E-state index contributed by atoms with van der Waals surface area (Å²) >= 11 is 0. The second-order valence-corrected chi connectivity index (χ2v) is 9.00. The van der Waals surface area contributed by atoms with Crippen LogP contribution in [0.3, 0.4) is 0 Å². The molecule has 0 atom stereocenters. The molecule has 4 aromatic rings. The van der Waals surface area contributed by atoms with Crippen LogP contribution in [-0.2, 0) is 10.0 Å². The Kier molecular flexibility index (Phi) is 5.93. The number of benzene rings is 3. The fraction of sp³-hybridized carbons (Fsp3) is 0.0870. The van der Waals surface area contributed by atoms with Crippen molar-refractivity contribution in [1.29, 1.82) is 0 Å². The zero-order valence-electron chi connectivity index (χ0n) is 17.8. The summed E-state index contributed by atoms with van der Waals surface area (Å²) in [4.78, 5) is 16.9. The minimum atomic E-state index is -3.72. The molecule has 10 heteroatoms. The normalized spacial score (nSPS) is 11.2. The Morgan fingerprint density at radius 3 is 2.12 bits per heavy atom. The van der Waals surface area contributed by atoms with E-state index in [4.69, 9.17) is 0 Å². The van der Waals surface area contributed by atoms with E-state index in [9.17, 15) is 17.6 Å². The first kappa shape index (κ1) is 22.2. The topological polar surface area (TPSA) is 106 Å². The van der Waals surface area contributed by atoms with Crippen molar-refractivity contribution in [2.24, 2.45) is 0 Å². The summed E-state index contributed by atoms with van der Waals surface area (Å²) in [7, 11) is -3.72. The average Bonchev–Trinajstić information content (AvgIpc) is 3.17. The lowest BCUT2D eigenvalue weighted by atomic mass is 10.2. The largest absolute Gasteiger partial charge is 0.319 e. The van der Waals surface area contributed by atoms with Gasteiger partial charge in [0.25, 0.3) is 15.9 Å². The number of aryl methyl sites for hydroxylation is 2. The molecule has 0 saturated carbocycles. The van der Waals surface area contributed by atoms with Crippen molar-refractivity contribution in [1.82, 2.24) is 14.8 Å². The van der Waals surface area contributed by atoms with E-state index in [1.165, 1.54) is 53.2 Å². The van der Waals surface area contributed by atoms with Gasteiger partial charge in [-0.15, -0.1) is 5.10 Å². The highest BCUT2D eigenvalue weighted by atomic mass is 32.2. The zero-order chi connectivity index (χ0) is 23.6. The molecule has 0 aliphatic rings. The Morgan fingerprint density at radius 2 is 1.48 bits per heavy atom. The highest BCUT2D eigenvalue weighted by Crippen LogP contribution is 2.19. The highest BCUT2D eigenvalue weighted by Gasteiger charge is 2.17. The molecule has 0 aliphatic heterocycles. The van der Waals surface area contributed by atoms with E-state index < -0.39 is 15.9 Å². The Balaban J connectivity index is 1.45. The number of carbonyl (C=O) groups excluding carboxylic acids is 1. The predicted octanol–water partition coefficient (Wildman–Crippen LogP) is 4.08. The Bertz CT molecular complexity index is 1400. The summed E-state index contributed by atoms with van der Waals surface area (Å²) in [6, 6.07) is 18.4.